The number of amides is 1. The molecule has 0 atom stereocenters. The Morgan fingerprint density at radius 1 is 1.50 bits per heavy atom. The van der Waals surface area contributed by atoms with Gasteiger partial charge in [0.1, 0.15) is 0 Å². The third kappa shape index (κ3) is 5.50. The van der Waals surface area contributed by atoms with Crippen LogP contribution in [-0.4, -0.2) is 37.0 Å². The molecular formula is C13H21BrN2OS. The SMILES string of the molecule is CC(C)N(C)CCCCNC(=O)c1csc(Br)c1. The van der Waals surface area contributed by atoms with E-state index in [4.69, 9.17) is 0 Å². The lowest BCUT2D eigenvalue weighted by atomic mass is 10.2. The second-order valence-corrected chi connectivity index (χ2v) is 6.97. The molecule has 1 amide bonds. The number of halogens is 1. The van der Waals surface area contributed by atoms with Crippen molar-refractivity contribution in [1.29, 1.82) is 0 Å². The number of thiophene rings is 1. The van der Waals surface area contributed by atoms with E-state index in [1.165, 1.54) is 11.3 Å². The fourth-order valence-electron chi connectivity index (χ4n) is 1.48. The highest BCUT2D eigenvalue weighted by Crippen LogP contribution is 2.20. The molecule has 0 unspecified atom stereocenters. The summed E-state index contributed by atoms with van der Waals surface area (Å²) in [4.78, 5) is 14.0. The largest absolute Gasteiger partial charge is 0.352 e. The molecular weight excluding hydrogens is 312 g/mol. The van der Waals surface area contributed by atoms with Gasteiger partial charge in [0.25, 0.3) is 5.91 Å². The summed E-state index contributed by atoms with van der Waals surface area (Å²) in [6.45, 7) is 6.21. The molecule has 5 heteroatoms. The number of carbonyl (C=O) groups excluding carboxylic acids is 1. The molecule has 0 bridgehead atoms. The maximum absolute atomic E-state index is 11.7. The third-order valence-electron chi connectivity index (χ3n) is 2.93. The van der Waals surface area contributed by atoms with Crippen LogP contribution >= 0.6 is 27.3 Å². The van der Waals surface area contributed by atoms with E-state index in [0.29, 0.717) is 6.04 Å². The molecule has 1 aromatic heterocycles. The van der Waals surface area contributed by atoms with E-state index in [9.17, 15) is 4.79 Å². The molecule has 1 aromatic rings. The third-order valence-corrected chi connectivity index (χ3v) is 4.44. The predicted molar refractivity (Wildman–Crippen MR) is 81.4 cm³/mol. The first kappa shape index (κ1) is 15.7. The van der Waals surface area contributed by atoms with Crippen LogP contribution in [0.25, 0.3) is 0 Å². The van der Waals surface area contributed by atoms with E-state index in [0.717, 1.165) is 35.3 Å². The van der Waals surface area contributed by atoms with Crippen molar-refractivity contribution >= 4 is 33.2 Å². The average Bonchev–Trinajstić information content (AvgIpc) is 2.74. The van der Waals surface area contributed by atoms with Gasteiger partial charge in [0, 0.05) is 18.0 Å². The van der Waals surface area contributed by atoms with Crippen molar-refractivity contribution in [2.45, 2.75) is 32.7 Å². The van der Waals surface area contributed by atoms with Gasteiger partial charge in [-0.25, -0.2) is 0 Å². The summed E-state index contributed by atoms with van der Waals surface area (Å²) in [5.74, 6) is 0.0224. The smallest absolute Gasteiger partial charge is 0.252 e. The van der Waals surface area contributed by atoms with Crippen LogP contribution < -0.4 is 5.32 Å². The van der Waals surface area contributed by atoms with Crippen LogP contribution in [0.1, 0.15) is 37.0 Å². The molecule has 0 saturated carbocycles. The van der Waals surface area contributed by atoms with Crippen molar-refractivity contribution in [3.63, 3.8) is 0 Å². The van der Waals surface area contributed by atoms with Crippen molar-refractivity contribution < 1.29 is 4.79 Å². The monoisotopic (exact) mass is 332 g/mol. The fraction of sp³-hybridized carbons (Fsp3) is 0.615. The summed E-state index contributed by atoms with van der Waals surface area (Å²) in [5, 5.41) is 4.81. The Balaban J connectivity index is 2.13. The molecule has 1 rings (SSSR count). The highest BCUT2D eigenvalue weighted by atomic mass is 79.9. The van der Waals surface area contributed by atoms with Crippen LogP contribution in [0.2, 0.25) is 0 Å². The lowest BCUT2D eigenvalue weighted by Crippen LogP contribution is -2.28. The molecule has 3 nitrogen and oxygen atoms in total. The minimum absolute atomic E-state index is 0.0224. The molecule has 0 aliphatic carbocycles. The lowest BCUT2D eigenvalue weighted by Gasteiger charge is -2.20. The molecule has 102 valence electrons. The van der Waals surface area contributed by atoms with Gasteiger partial charge in [-0.3, -0.25) is 4.79 Å². The Morgan fingerprint density at radius 2 is 2.22 bits per heavy atom. The average molecular weight is 333 g/mol. The Bertz CT molecular complexity index is 379. The van der Waals surface area contributed by atoms with Gasteiger partial charge in [0.05, 0.1) is 9.35 Å². The molecule has 0 aliphatic rings. The zero-order valence-corrected chi connectivity index (χ0v) is 13.6. The second kappa shape index (κ2) is 7.92. The van der Waals surface area contributed by atoms with Crippen LogP contribution in [-0.2, 0) is 0 Å². The van der Waals surface area contributed by atoms with E-state index < -0.39 is 0 Å². The van der Waals surface area contributed by atoms with Gasteiger partial charge in [-0.1, -0.05) is 0 Å². The minimum Gasteiger partial charge on any atom is -0.352 e. The molecule has 0 radical (unpaired) electrons. The minimum atomic E-state index is 0.0224. The van der Waals surface area contributed by atoms with Crippen LogP contribution in [0.4, 0.5) is 0 Å². The van der Waals surface area contributed by atoms with Gasteiger partial charge < -0.3 is 10.2 Å². The summed E-state index contributed by atoms with van der Waals surface area (Å²) >= 11 is 4.89. The number of nitrogens with one attached hydrogen (secondary N) is 1. The summed E-state index contributed by atoms with van der Waals surface area (Å²) in [6, 6.07) is 2.44. The predicted octanol–water partition coefficient (Wildman–Crippen LogP) is 3.36. The first-order valence-corrected chi connectivity index (χ1v) is 7.90. The maximum atomic E-state index is 11.7. The van der Waals surface area contributed by atoms with Crippen LogP contribution in [0.3, 0.4) is 0 Å². The van der Waals surface area contributed by atoms with Crippen molar-refractivity contribution in [2.24, 2.45) is 0 Å². The second-order valence-electron chi connectivity index (χ2n) is 4.68. The fourth-order valence-corrected chi connectivity index (χ4v) is 2.61. The van der Waals surface area contributed by atoms with E-state index in [-0.39, 0.29) is 5.91 Å². The van der Waals surface area contributed by atoms with Crippen molar-refractivity contribution in [1.82, 2.24) is 10.2 Å². The Labute approximate surface area is 122 Å². The molecule has 0 saturated heterocycles. The van der Waals surface area contributed by atoms with Crippen molar-refractivity contribution in [2.75, 3.05) is 20.1 Å². The molecule has 18 heavy (non-hydrogen) atoms. The van der Waals surface area contributed by atoms with Gasteiger partial charge in [-0.05, 0) is 62.3 Å². The molecule has 0 aliphatic heterocycles. The number of hydrogen-bond acceptors (Lipinski definition) is 3. The van der Waals surface area contributed by atoms with Crippen LogP contribution in [0.15, 0.2) is 15.2 Å². The first-order chi connectivity index (χ1) is 8.50. The van der Waals surface area contributed by atoms with Gasteiger partial charge in [0.2, 0.25) is 0 Å². The summed E-state index contributed by atoms with van der Waals surface area (Å²) in [7, 11) is 2.13. The van der Waals surface area contributed by atoms with Crippen LogP contribution in [0.5, 0.6) is 0 Å². The zero-order chi connectivity index (χ0) is 13.5. The Kier molecular flexibility index (Phi) is 6.89. The van der Waals surface area contributed by atoms with Crippen molar-refractivity contribution in [3.05, 3.63) is 20.8 Å². The number of carbonyl (C=O) groups is 1. The lowest BCUT2D eigenvalue weighted by molar-refractivity contribution is 0.0953. The molecule has 0 aromatic carbocycles. The number of nitrogens with zero attached hydrogens (tertiary/aromatic N) is 1. The van der Waals surface area contributed by atoms with E-state index in [1.807, 2.05) is 11.4 Å². The summed E-state index contributed by atoms with van der Waals surface area (Å²) < 4.78 is 0.992. The van der Waals surface area contributed by atoms with Gasteiger partial charge >= 0.3 is 0 Å². The number of unbranched alkanes of at least 4 members (excludes halogenated alkanes) is 1. The van der Waals surface area contributed by atoms with Gasteiger partial charge in [-0.2, -0.15) is 0 Å². The van der Waals surface area contributed by atoms with Crippen molar-refractivity contribution in [3.8, 4) is 0 Å². The molecule has 1 N–H and O–H groups in total. The maximum Gasteiger partial charge on any atom is 0.252 e. The topological polar surface area (TPSA) is 32.3 Å². The summed E-state index contributed by atoms with van der Waals surface area (Å²) in [6.07, 6.45) is 2.14. The first-order valence-electron chi connectivity index (χ1n) is 6.23. The Morgan fingerprint density at radius 3 is 2.78 bits per heavy atom. The molecule has 1 heterocycles. The highest BCUT2D eigenvalue weighted by molar-refractivity contribution is 9.11. The number of rotatable bonds is 7. The van der Waals surface area contributed by atoms with E-state index >= 15 is 0 Å². The Hall–Kier alpha value is -0.390. The van der Waals surface area contributed by atoms with Crippen LogP contribution in [0, 0.1) is 0 Å². The summed E-state index contributed by atoms with van der Waals surface area (Å²) in [5.41, 5.74) is 0.742. The van der Waals surface area contributed by atoms with Gasteiger partial charge in [-0.15, -0.1) is 11.3 Å². The quantitative estimate of drug-likeness (QED) is 0.776. The molecule has 0 fully saturated rings. The number of hydrogen-bond donors (Lipinski definition) is 1. The van der Waals surface area contributed by atoms with Gasteiger partial charge in [0.15, 0.2) is 0 Å². The van der Waals surface area contributed by atoms with E-state index in [2.05, 4.69) is 47.0 Å². The molecule has 0 spiro atoms. The highest BCUT2D eigenvalue weighted by Gasteiger charge is 2.07. The standard InChI is InChI=1S/C13H21BrN2OS/c1-10(2)16(3)7-5-4-6-15-13(17)11-8-12(14)18-9-11/h8-10H,4-7H2,1-3H3,(H,15,17). The normalized spacial score (nSPS) is 11.2. The zero-order valence-electron chi connectivity index (χ0n) is 11.2. The van der Waals surface area contributed by atoms with E-state index in [1.54, 1.807) is 0 Å².